The Kier molecular flexibility index (Phi) is 4.31. The van der Waals surface area contributed by atoms with E-state index in [0.717, 1.165) is 0 Å². The van der Waals surface area contributed by atoms with Crippen LogP contribution in [0.3, 0.4) is 0 Å². The van der Waals surface area contributed by atoms with E-state index >= 15 is 0 Å². The van der Waals surface area contributed by atoms with Gasteiger partial charge in [0.25, 0.3) is 0 Å². The Hall–Kier alpha value is -0.0600. The van der Waals surface area contributed by atoms with Gasteiger partial charge in [0.05, 0.1) is 0 Å². The Balaban J connectivity index is 0. The standard InChI is InChI=1S/C2H5NO2S.ClH/c1-2-6(3,4)5;/h2H,1H2,(H2,3,4,5);1H. The molecule has 0 fully saturated rings. The molecule has 0 aromatic rings. The van der Waals surface area contributed by atoms with Gasteiger partial charge in [-0.05, 0) is 0 Å². The fraction of sp³-hybridized carbons (Fsp3) is 0. The van der Waals surface area contributed by atoms with Gasteiger partial charge in [-0.25, -0.2) is 13.6 Å². The summed E-state index contributed by atoms with van der Waals surface area (Å²) < 4.78 is 19.3. The average molecular weight is 144 g/mol. The Bertz CT molecular complexity index is 126. The highest BCUT2D eigenvalue weighted by Gasteiger charge is 1.85. The molecule has 0 heterocycles. The quantitative estimate of drug-likeness (QED) is 0.555. The maximum Gasteiger partial charge on any atom is 0.230 e. The van der Waals surface area contributed by atoms with Gasteiger partial charge in [0.1, 0.15) is 0 Å². The van der Waals surface area contributed by atoms with E-state index in [-0.39, 0.29) is 12.4 Å². The van der Waals surface area contributed by atoms with Crippen LogP contribution in [0.1, 0.15) is 0 Å². The van der Waals surface area contributed by atoms with Crippen molar-refractivity contribution in [1.82, 2.24) is 0 Å². The molecule has 7 heavy (non-hydrogen) atoms. The molecule has 0 amide bonds. The molecule has 0 aliphatic rings. The lowest BCUT2D eigenvalue weighted by atomic mass is 11.3. The molecule has 0 aromatic carbocycles. The lowest BCUT2D eigenvalue weighted by Gasteiger charge is -1.75. The zero-order chi connectivity index (χ0) is 5.21. The van der Waals surface area contributed by atoms with Crippen molar-refractivity contribution in [3.63, 3.8) is 0 Å². The number of hydrogen-bond donors (Lipinski definition) is 1. The zero-order valence-electron chi connectivity index (χ0n) is 3.49. The van der Waals surface area contributed by atoms with E-state index in [2.05, 4.69) is 11.7 Å². The van der Waals surface area contributed by atoms with Crippen LogP contribution < -0.4 is 5.14 Å². The molecule has 3 nitrogen and oxygen atoms in total. The van der Waals surface area contributed by atoms with Gasteiger partial charge < -0.3 is 0 Å². The minimum absolute atomic E-state index is 0. The molecule has 0 aromatic heterocycles. The van der Waals surface area contributed by atoms with Crippen LogP contribution in [-0.2, 0) is 10.0 Å². The maximum atomic E-state index is 9.66. The van der Waals surface area contributed by atoms with Gasteiger partial charge in [0.2, 0.25) is 10.0 Å². The van der Waals surface area contributed by atoms with Crippen molar-refractivity contribution >= 4 is 22.4 Å². The normalized spacial score (nSPS) is 9.29. The summed E-state index contributed by atoms with van der Waals surface area (Å²) in [6.07, 6.45) is 0. The van der Waals surface area contributed by atoms with E-state index in [1.165, 1.54) is 0 Å². The van der Waals surface area contributed by atoms with Crippen LogP contribution in [0.15, 0.2) is 12.0 Å². The van der Waals surface area contributed by atoms with Crippen LogP contribution in [0.25, 0.3) is 0 Å². The molecule has 0 aliphatic carbocycles. The molecule has 0 saturated carbocycles. The highest BCUT2D eigenvalue weighted by molar-refractivity contribution is 7.92. The van der Waals surface area contributed by atoms with Gasteiger partial charge in [-0.3, -0.25) is 0 Å². The average Bonchev–Trinajstić information content (AvgIpc) is 1.35. The summed E-state index contributed by atoms with van der Waals surface area (Å²) >= 11 is 0. The molecule has 44 valence electrons. The summed E-state index contributed by atoms with van der Waals surface area (Å²) in [7, 11) is -3.40. The van der Waals surface area contributed by atoms with E-state index in [0.29, 0.717) is 5.41 Å². The number of hydrogen-bond acceptors (Lipinski definition) is 2. The van der Waals surface area contributed by atoms with Crippen molar-refractivity contribution in [2.24, 2.45) is 5.14 Å². The molecule has 0 bridgehead atoms. The van der Waals surface area contributed by atoms with E-state index in [4.69, 9.17) is 0 Å². The van der Waals surface area contributed by atoms with Crippen molar-refractivity contribution in [1.29, 1.82) is 0 Å². The third-order valence-corrected chi connectivity index (χ3v) is 0.697. The molecule has 0 unspecified atom stereocenters. The molecule has 0 spiro atoms. The van der Waals surface area contributed by atoms with Gasteiger partial charge in [-0.1, -0.05) is 6.58 Å². The second kappa shape index (κ2) is 3.01. The molecule has 0 rings (SSSR count). The van der Waals surface area contributed by atoms with Crippen LogP contribution in [0.4, 0.5) is 0 Å². The number of nitrogens with two attached hydrogens (primary N) is 1. The van der Waals surface area contributed by atoms with Gasteiger partial charge in [-0.15, -0.1) is 12.4 Å². The third-order valence-electron chi connectivity index (χ3n) is 0.232. The Labute approximate surface area is 48.7 Å². The molecular weight excluding hydrogens is 138 g/mol. The van der Waals surface area contributed by atoms with Crippen molar-refractivity contribution in [2.45, 2.75) is 0 Å². The van der Waals surface area contributed by atoms with Gasteiger partial charge in [0.15, 0.2) is 0 Å². The summed E-state index contributed by atoms with van der Waals surface area (Å²) in [5.41, 5.74) is 0. The summed E-state index contributed by atoms with van der Waals surface area (Å²) in [5.74, 6) is 0. The predicted octanol–water partition coefficient (Wildman–Crippen LogP) is -0.160. The van der Waals surface area contributed by atoms with Gasteiger partial charge in [-0.2, -0.15) is 0 Å². The summed E-state index contributed by atoms with van der Waals surface area (Å²) in [6.45, 7) is 2.92. The van der Waals surface area contributed by atoms with E-state index in [9.17, 15) is 8.42 Å². The lowest BCUT2D eigenvalue weighted by molar-refractivity contribution is 0.606. The molecule has 0 radical (unpaired) electrons. The van der Waals surface area contributed by atoms with Crippen LogP contribution in [0.2, 0.25) is 0 Å². The summed E-state index contributed by atoms with van der Waals surface area (Å²) in [5, 5.41) is 5.08. The first-order valence-electron chi connectivity index (χ1n) is 1.21. The van der Waals surface area contributed by atoms with Crippen LogP contribution in [-0.4, -0.2) is 8.42 Å². The molecule has 0 aliphatic heterocycles. The number of primary sulfonamides is 1. The monoisotopic (exact) mass is 143 g/mol. The summed E-state index contributed by atoms with van der Waals surface area (Å²) in [4.78, 5) is 0. The molecule has 0 saturated heterocycles. The molecule has 5 heteroatoms. The first kappa shape index (κ1) is 10.0. The topological polar surface area (TPSA) is 60.2 Å². The molecule has 0 atom stereocenters. The van der Waals surface area contributed by atoms with Crippen molar-refractivity contribution in [2.75, 3.05) is 0 Å². The fourth-order valence-corrected chi connectivity index (χ4v) is 0. The van der Waals surface area contributed by atoms with Crippen molar-refractivity contribution in [3.05, 3.63) is 12.0 Å². The molecule has 2 N–H and O–H groups in total. The number of sulfonamides is 1. The van der Waals surface area contributed by atoms with Crippen molar-refractivity contribution in [3.8, 4) is 0 Å². The fourth-order valence-electron chi connectivity index (χ4n) is 0. The summed E-state index contributed by atoms with van der Waals surface area (Å²) in [6, 6.07) is 0. The highest BCUT2D eigenvalue weighted by Crippen LogP contribution is 1.69. The van der Waals surface area contributed by atoms with Gasteiger partial charge >= 0.3 is 0 Å². The van der Waals surface area contributed by atoms with Crippen LogP contribution in [0.5, 0.6) is 0 Å². The zero-order valence-corrected chi connectivity index (χ0v) is 5.13. The largest absolute Gasteiger partial charge is 0.230 e. The highest BCUT2D eigenvalue weighted by atomic mass is 35.5. The molecular formula is C2H6ClNO2S. The van der Waals surface area contributed by atoms with Crippen LogP contribution >= 0.6 is 12.4 Å². The smallest absolute Gasteiger partial charge is 0.225 e. The SMILES string of the molecule is C=CS(N)(=O)=O.Cl. The lowest BCUT2D eigenvalue weighted by Crippen LogP contribution is -2.05. The minimum atomic E-state index is -3.40. The van der Waals surface area contributed by atoms with E-state index in [1.807, 2.05) is 0 Å². The Morgan fingerprint density at radius 2 is 1.71 bits per heavy atom. The first-order valence-corrected chi connectivity index (χ1v) is 2.82. The number of rotatable bonds is 1. The number of halogens is 1. The minimum Gasteiger partial charge on any atom is -0.225 e. The van der Waals surface area contributed by atoms with E-state index < -0.39 is 10.0 Å². The Morgan fingerprint density at radius 3 is 1.71 bits per heavy atom. The predicted molar refractivity (Wildman–Crippen MR) is 30.6 cm³/mol. The second-order valence-electron chi connectivity index (χ2n) is 0.756. The van der Waals surface area contributed by atoms with E-state index in [1.54, 1.807) is 0 Å². The Morgan fingerprint density at radius 1 is 1.57 bits per heavy atom. The third kappa shape index (κ3) is 10.7. The second-order valence-corrected chi connectivity index (χ2v) is 2.27. The van der Waals surface area contributed by atoms with Gasteiger partial charge in [0, 0.05) is 5.41 Å². The maximum absolute atomic E-state index is 9.66. The first-order chi connectivity index (χ1) is 2.56. The van der Waals surface area contributed by atoms with Crippen molar-refractivity contribution < 1.29 is 8.42 Å². The van der Waals surface area contributed by atoms with Crippen LogP contribution in [0, 0.1) is 0 Å².